The van der Waals surface area contributed by atoms with Gasteiger partial charge in [-0.25, -0.2) is 0 Å². The standard InChI is InChI=1S/C8H14NO2/c10-8-2-1-3-9(4-8)7-5-11-6-7/h2,7-8,10H,1,3-6H2/t8-/m1/s1. The van der Waals surface area contributed by atoms with Crippen LogP contribution >= 0.6 is 0 Å². The van der Waals surface area contributed by atoms with Crippen molar-refractivity contribution in [3.8, 4) is 0 Å². The number of ether oxygens (including phenoxy) is 1. The fourth-order valence-corrected chi connectivity index (χ4v) is 1.60. The third-order valence-corrected chi connectivity index (χ3v) is 2.41. The molecule has 2 aliphatic rings. The van der Waals surface area contributed by atoms with Crippen molar-refractivity contribution in [1.29, 1.82) is 0 Å². The Morgan fingerprint density at radius 2 is 2.27 bits per heavy atom. The lowest BCUT2D eigenvalue weighted by Gasteiger charge is -2.40. The normalized spacial score (nSPS) is 35.2. The maximum atomic E-state index is 9.31. The number of hydrogen-bond acceptors (Lipinski definition) is 3. The van der Waals surface area contributed by atoms with Crippen LogP contribution in [-0.4, -0.2) is 48.5 Å². The number of aliphatic hydroxyl groups excluding tert-OH is 1. The molecule has 0 aromatic rings. The van der Waals surface area contributed by atoms with Gasteiger partial charge in [0, 0.05) is 6.54 Å². The molecular formula is C8H14NO2. The first-order chi connectivity index (χ1) is 5.36. The highest BCUT2D eigenvalue weighted by Crippen LogP contribution is 2.16. The van der Waals surface area contributed by atoms with Gasteiger partial charge in [0.15, 0.2) is 0 Å². The van der Waals surface area contributed by atoms with Crippen molar-refractivity contribution in [2.75, 3.05) is 26.3 Å². The van der Waals surface area contributed by atoms with Crippen LogP contribution in [0.2, 0.25) is 0 Å². The molecule has 2 saturated heterocycles. The van der Waals surface area contributed by atoms with E-state index in [0.29, 0.717) is 6.04 Å². The van der Waals surface area contributed by atoms with E-state index in [1.165, 1.54) is 0 Å². The molecule has 0 aromatic carbocycles. The number of nitrogens with zero attached hydrogens (tertiary/aromatic N) is 1. The van der Waals surface area contributed by atoms with Crippen molar-refractivity contribution < 1.29 is 9.84 Å². The largest absolute Gasteiger partial charge is 0.391 e. The first kappa shape index (κ1) is 7.53. The molecule has 3 nitrogen and oxygen atoms in total. The Balaban J connectivity index is 1.82. The Bertz CT molecular complexity index is 136. The summed E-state index contributed by atoms with van der Waals surface area (Å²) in [7, 11) is 0. The second-order valence-corrected chi connectivity index (χ2v) is 3.28. The Hall–Kier alpha value is -0.120. The van der Waals surface area contributed by atoms with E-state index in [-0.39, 0.29) is 6.10 Å². The van der Waals surface area contributed by atoms with Gasteiger partial charge in [0.05, 0.1) is 25.4 Å². The number of piperidine rings is 1. The second-order valence-electron chi connectivity index (χ2n) is 3.28. The monoisotopic (exact) mass is 156 g/mol. The van der Waals surface area contributed by atoms with Crippen LogP contribution in [0.25, 0.3) is 0 Å². The molecule has 63 valence electrons. The maximum absolute atomic E-state index is 9.31. The van der Waals surface area contributed by atoms with Crippen molar-refractivity contribution in [2.45, 2.75) is 18.6 Å². The van der Waals surface area contributed by atoms with Crippen LogP contribution in [0.15, 0.2) is 0 Å². The van der Waals surface area contributed by atoms with Crippen LogP contribution < -0.4 is 0 Å². The quantitative estimate of drug-likeness (QED) is 0.563. The number of likely N-dealkylation sites (tertiary alicyclic amines) is 1. The van der Waals surface area contributed by atoms with Gasteiger partial charge in [0.2, 0.25) is 0 Å². The molecule has 2 aliphatic heterocycles. The summed E-state index contributed by atoms with van der Waals surface area (Å²) in [6.07, 6.45) is 2.78. The average molecular weight is 156 g/mol. The van der Waals surface area contributed by atoms with Gasteiger partial charge in [0.1, 0.15) is 0 Å². The number of β-amino-alcohol motifs (C(OH)–C–C–N with tert-alkyl or cyclic N) is 1. The lowest BCUT2D eigenvalue weighted by molar-refractivity contribution is -0.0786. The molecule has 1 radical (unpaired) electrons. The average Bonchev–Trinajstić information content (AvgIpc) is 1.83. The second kappa shape index (κ2) is 3.09. The lowest BCUT2D eigenvalue weighted by atomic mass is 10.1. The summed E-state index contributed by atoms with van der Waals surface area (Å²) < 4.78 is 5.09. The molecular weight excluding hydrogens is 142 g/mol. The molecule has 1 atom stereocenters. The molecule has 0 spiro atoms. The molecule has 0 bridgehead atoms. The van der Waals surface area contributed by atoms with E-state index in [4.69, 9.17) is 4.74 Å². The van der Waals surface area contributed by atoms with Crippen LogP contribution in [0.3, 0.4) is 0 Å². The Labute approximate surface area is 66.9 Å². The van der Waals surface area contributed by atoms with Gasteiger partial charge >= 0.3 is 0 Å². The van der Waals surface area contributed by atoms with Gasteiger partial charge in [-0.15, -0.1) is 0 Å². The van der Waals surface area contributed by atoms with Crippen molar-refractivity contribution in [2.24, 2.45) is 0 Å². The fraction of sp³-hybridized carbons (Fsp3) is 0.875. The number of aliphatic hydroxyl groups is 1. The highest BCUT2D eigenvalue weighted by atomic mass is 16.5. The van der Waals surface area contributed by atoms with Crippen molar-refractivity contribution in [3.05, 3.63) is 6.42 Å². The Morgan fingerprint density at radius 1 is 1.45 bits per heavy atom. The molecule has 0 amide bonds. The van der Waals surface area contributed by atoms with Crippen LogP contribution in [-0.2, 0) is 4.74 Å². The zero-order valence-corrected chi connectivity index (χ0v) is 6.57. The third kappa shape index (κ3) is 1.55. The zero-order chi connectivity index (χ0) is 7.68. The van der Waals surface area contributed by atoms with Crippen LogP contribution in [0.4, 0.5) is 0 Å². The van der Waals surface area contributed by atoms with E-state index in [0.717, 1.165) is 32.7 Å². The number of hydrogen-bond donors (Lipinski definition) is 1. The third-order valence-electron chi connectivity index (χ3n) is 2.41. The van der Waals surface area contributed by atoms with E-state index in [9.17, 15) is 5.11 Å². The lowest BCUT2D eigenvalue weighted by Crippen LogP contribution is -2.53. The van der Waals surface area contributed by atoms with E-state index in [2.05, 4.69) is 4.90 Å². The van der Waals surface area contributed by atoms with Crippen LogP contribution in [0, 0.1) is 6.42 Å². The fourth-order valence-electron chi connectivity index (χ4n) is 1.60. The minimum Gasteiger partial charge on any atom is -0.391 e. The Morgan fingerprint density at radius 3 is 2.82 bits per heavy atom. The molecule has 2 heterocycles. The summed E-state index contributed by atoms with van der Waals surface area (Å²) in [5.74, 6) is 0. The molecule has 2 rings (SSSR count). The minimum atomic E-state index is -0.218. The predicted octanol–water partition coefficient (Wildman–Crippen LogP) is -0.344. The molecule has 1 N–H and O–H groups in total. The molecule has 0 saturated carbocycles. The van der Waals surface area contributed by atoms with Gasteiger partial charge in [-0.05, 0) is 19.4 Å². The Kier molecular flexibility index (Phi) is 2.11. The van der Waals surface area contributed by atoms with E-state index in [1.54, 1.807) is 0 Å². The van der Waals surface area contributed by atoms with E-state index < -0.39 is 0 Å². The highest BCUT2D eigenvalue weighted by molar-refractivity contribution is 4.89. The summed E-state index contributed by atoms with van der Waals surface area (Å²) in [6.45, 7) is 3.60. The van der Waals surface area contributed by atoms with Gasteiger partial charge in [0.25, 0.3) is 0 Å². The summed E-state index contributed by atoms with van der Waals surface area (Å²) in [5, 5.41) is 9.31. The summed E-state index contributed by atoms with van der Waals surface area (Å²) in [5.41, 5.74) is 0. The molecule has 11 heavy (non-hydrogen) atoms. The van der Waals surface area contributed by atoms with E-state index >= 15 is 0 Å². The minimum absolute atomic E-state index is 0.218. The van der Waals surface area contributed by atoms with Crippen LogP contribution in [0.1, 0.15) is 6.42 Å². The molecule has 0 unspecified atom stereocenters. The zero-order valence-electron chi connectivity index (χ0n) is 6.57. The van der Waals surface area contributed by atoms with E-state index in [1.807, 2.05) is 6.42 Å². The summed E-state index contributed by atoms with van der Waals surface area (Å²) in [6, 6.07) is 0.582. The molecule has 3 heteroatoms. The SMILES string of the molecule is O[C@@H]1[CH]CCN(C2COC2)C1. The van der Waals surface area contributed by atoms with Gasteiger partial charge in [-0.1, -0.05) is 0 Å². The number of rotatable bonds is 1. The first-order valence-corrected chi connectivity index (χ1v) is 4.19. The van der Waals surface area contributed by atoms with Crippen molar-refractivity contribution in [3.63, 3.8) is 0 Å². The smallest absolute Gasteiger partial charge is 0.0699 e. The van der Waals surface area contributed by atoms with Gasteiger partial charge < -0.3 is 9.84 Å². The predicted molar refractivity (Wildman–Crippen MR) is 41.1 cm³/mol. The van der Waals surface area contributed by atoms with Gasteiger partial charge in [-0.3, -0.25) is 4.90 Å². The van der Waals surface area contributed by atoms with Crippen molar-refractivity contribution in [1.82, 2.24) is 4.90 Å². The topological polar surface area (TPSA) is 32.7 Å². The van der Waals surface area contributed by atoms with Crippen LogP contribution in [0.5, 0.6) is 0 Å². The van der Waals surface area contributed by atoms with Gasteiger partial charge in [-0.2, -0.15) is 0 Å². The molecule has 0 aromatic heterocycles. The molecule has 0 aliphatic carbocycles. The highest BCUT2D eigenvalue weighted by Gasteiger charge is 2.29. The molecule has 2 fully saturated rings. The maximum Gasteiger partial charge on any atom is 0.0699 e. The van der Waals surface area contributed by atoms with Crippen molar-refractivity contribution >= 4 is 0 Å². The summed E-state index contributed by atoms with van der Waals surface area (Å²) in [4.78, 5) is 2.31. The summed E-state index contributed by atoms with van der Waals surface area (Å²) >= 11 is 0. The first-order valence-electron chi connectivity index (χ1n) is 4.19.